The van der Waals surface area contributed by atoms with E-state index in [4.69, 9.17) is 22.1 Å². The Morgan fingerprint density at radius 3 is 2.40 bits per heavy atom. The summed E-state index contributed by atoms with van der Waals surface area (Å²) >= 11 is 7.65. The van der Waals surface area contributed by atoms with Crippen LogP contribution in [0.5, 0.6) is 5.75 Å². The third-order valence-electron chi connectivity index (χ3n) is 4.32. The minimum absolute atomic E-state index is 0.0850. The van der Waals surface area contributed by atoms with Crippen LogP contribution in [-0.2, 0) is 12.0 Å². The first-order valence-corrected chi connectivity index (χ1v) is 11.1. The summed E-state index contributed by atoms with van der Waals surface area (Å²) in [5.41, 5.74) is 7.87. The second-order valence-corrected chi connectivity index (χ2v) is 9.50. The van der Waals surface area contributed by atoms with E-state index in [2.05, 4.69) is 36.1 Å². The average Bonchev–Trinajstić information content (AvgIpc) is 2.71. The number of nitrogens with zero attached hydrogens (tertiary/aromatic N) is 2. The molecule has 3 N–H and O–H groups in total. The highest BCUT2D eigenvalue weighted by Crippen LogP contribution is 2.23. The van der Waals surface area contributed by atoms with Gasteiger partial charge in [0.05, 0.1) is 12.3 Å². The van der Waals surface area contributed by atoms with E-state index in [1.54, 1.807) is 11.8 Å². The van der Waals surface area contributed by atoms with Gasteiger partial charge in [0.15, 0.2) is 0 Å². The zero-order chi connectivity index (χ0) is 21.6. The molecule has 7 heteroatoms. The highest BCUT2D eigenvalue weighted by Gasteiger charge is 2.17. The summed E-state index contributed by atoms with van der Waals surface area (Å²) in [5, 5.41) is 4.00. The summed E-state index contributed by atoms with van der Waals surface area (Å²) in [6.45, 7) is 7.55. The highest BCUT2D eigenvalue weighted by atomic mass is 35.5. The second-order valence-electron chi connectivity index (χ2n) is 7.90. The molecule has 0 aliphatic rings. The molecule has 0 aliphatic heterocycles. The van der Waals surface area contributed by atoms with Crippen molar-refractivity contribution in [3.8, 4) is 5.75 Å². The number of rotatable bonds is 8. The number of nitrogen functional groups attached to an aromatic ring is 1. The Morgan fingerprint density at radius 1 is 1.03 bits per heavy atom. The van der Waals surface area contributed by atoms with E-state index in [9.17, 15) is 0 Å². The summed E-state index contributed by atoms with van der Waals surface area (Å²) < 4.78 is 5.83. The summed E-state index contributed by atoms with van der Waals surface area (Å²) in [6.07, 6.45) is 0. The largest absolute Gasteiger partial charge is 0.493 e. The molecule has 5 nitrogen and oxygen atoms in total. The third kappa shape index (κ3) is 6.82. The number of thioether (sulfide) groups is 1. The van der Waals surface area contributed by atoms with Crippen molar-refractivity contribution in [1.29, 1.82) is 0 Å². The van der Waals surface area contributed by atoms with Crippen LogP contribution < -0.4 is 15.8 Å². The van der Waals surface area contributed by atoms with Crippen molar-refractivity contribution in [2.75, 3.05) is 23.4 Å². The number of ether oxygens (including phenoxy) is 1. The van der Waals surface area contributed by atoms with Gasteiger partial charge in [0.25, 0.3) is 0 Å². The fourth-order valence-corrected chi connectivity index (χ4v) is 3.52. The van der Waals surface area contributed by atoms with Crippen LogP contribution in [0.3, 0.4) is 0 Å². The molecule has 0 amide bonds. The molecule has 0 saturated heterocycles. The van der Waals surface area contributed by atoms with E-state index in [1.807, 2.05) is 54.6 Å². The Balaban J connectivity index is 1.46. The average molecular weight is 443 g/mol. The van der Waals surface area contributed by atoms with Crippen LogP contribution in [0.15, 0.2) is 59.5 Å². The molecular formula is C23H27ClN4OS. The minimum Gasteiger partial charge on any atom is -0.493 e. The van der Waals surface area contributed by atoms with E-state index in [-0.39, 0.29) is 5.41 Å². The smallest absolute Gasteiger partial charge is 0.225 e. The highest BCUT2D eigenvalue weighted by molar-refractivity contribution is 7.99. The molecule has 0 bridgehead atoms. The lowest BCUT2D eigenvalue weighted by atomic mass is 9.92. The fraction of sp³-hybridized carbons (Fsp3) is 0.304. The number of halogens is 1. The van der Waals surface area contributed by atoms with Crippen LogP contribution in [0.2, 0.25) is 5.02 Å². The normalized spacial score (nSPS) is 11.3. The molecule has 0 atom stereocenters. The molecule has 0 fully saturated rings. The van der Waals surface area contributed by atoms with Gasteiger partial charge >= 0.3 is 0 Å². The van der Waals surface area contributed by atoms with Gasteiger partial charge in [0, 0.05) is 33.7 Å². The third-order valence-corrected chi connectivity index (χ3v) is 5.55. The Bertz CT molecular complexity index is 956. The Labute approximate surface area is 187 Å². The van der Waals surface area contributed by atoms with Crippen molar-refractivity contribution < 1.29 is 4.74 Å². The van der Waals surface area contributed by atoms with E-state index < -0.39 is 0 Å². The molecule has 0 radical (unpaired) electrons. The van der Waals surface area contributed by atoms with E-state index in [0.29, 0.717) is 24.9 Å². The quantitative estimate of drug-likeness (QED) is 0.339. The molecule has 0 unspecified atom stereocenters. The monoisotopic (exact) mass is 442 g/mol. The molecule has 1 aromatic heterocycles. The zero-order valence-corrected chi connectivity index (χ0v) is 19.1. The molecule has 3 rings (SSSR count). The van der Waals surface area contributed by atoms with Gasteiger partial charge in [-0.3, -0.25) is 0 Å². The number of nitrogens with two attached hydrogens (primary N) is 1. The van der Waals surface area contributed by atoms with Gasteiger partial charge < -0.3 is 15.8 Å². The zero-order valence-electron chi connectivity index (χ0n) is 17.5. The van der Waals surface area contributed by atoms with Gasteiger partial charge in [-0.25, -0.2) is 4.98 Å². The van der Waals surface area contributed by atoms with Crippen LogP contribution in [0.4, 0.5) is 11.8 Å². The summed E-state index contributed by atoms with van der Waals surface area (Å²) in [5.74, 6) is 2.73. The van der Waals surface area contributed by atoms with Gasteiger partial charge in [0.2, 0.25) is 5.95 Å². The van der Waals surface area contributed by atoms with Crippen molar-refractivity contribution in [3.63, 3.8) is 0 Å². The van der Waals surface area contributed by atoms with Gasteiger partial charge in [-0.15, -0.1) is 11.8 Å². The predicted molar refractivity (Wildman–Crippen MR) is 127 cm³/mol. The van der Waals surface area contributed by atoms with Crippen LogP contribution in [0.1, 0.15) is 32.0 Å². The Morgan fingerprint density at radius 2 is 1.73 bits per heavy atom. The Hall–Kier alpha value is -2.44. The van der Waals surface area contributed by atoms with E-state index in [0.717, 1.165) is 27.8 Å². The van der Waals surface area contributed by atoms with E-state index in [1.165, 1.54) is 4.90 Å². The number of aromatic nitrogens is 2. The van der Waals surface area contributed by atoms with Crippen LogP contribution in [0, 0.1) is 0 Å². The molecule has 0 aliphatic carbocycles. The first-order valence-electron chi connectivity index (χ1n) is 9.78. The molecular weight excluding hydrogens is 416 g/mol. The van der Waals surface area contributed by atoms with Crippen LogP contribution in [0.25, 0.3) is 0 Å². The van der Waals surface area contributed by atoms with Gasteiger partial charge in [0.1, 0.15) is 11.6 Å². The topological polar surface area (TPSA) is 73.1 Å². The predicted octanol–water partition coefficient (Wildman–Crippen LogP) is 5.79. The van der Waals surface area contributed by atoms with Gasteiger partial charge in [-0.1, -0.05) is 44.5 Å². The molecule has 3 aromatic rings. The molecule has 0 spiro atoms. The summed E-state index contributed by atoms with van der Waals surface area (Å²) in [7, 11) is 0. The fourth-order valence-electron chi connectivity index (χ4n) is 2.66. The maximum atomic E-state index is 5.93. The van der Waals surface area contributed by atoms with Crippen molar-refractivity contribution in [3.05, 3.63) is 70.9 Å². The summed E-state index contributed by atoms with van der Waals surface area (Å²) in [4.78, 5) is 10.0. The molecule has 158 valence electrons. The minimum atomic E-state index is -0.0850. The molecule has 1 heterocycles. The lowest BCUT2D eigenvalue weighted by Gasteiger charge is -2.19. The number of hydrogen-bond acceptors (Lipinski definition) is 6. The number of anilines is 2. The first-order chi connectivity index (χ1) is 14.3. The number of hydrogen-bond donors (Lipinski definition) is 2. The standard InChI is InChI=1S/C23H27ClN4OS/c1-23(2,3)20-14-21(25)28-22(27-20)26-15-16-4-8-18(9-5-16)29-12-13-30-19-10-6-17(24)7-11-19/h4-11,14H,12-13,15H2,1-3H3,(H3,25,26,27,28). The lowest BCUT2D eigenvalue weighted by Crippen LogP contribution is -2.16. The van der Waals surface area contributed by atoms with E-state index >= 15 is 0 Å². The number of benzene rings is 2. The lowest BCUT2D eigenvalue weighted by molar-refractivity contribution is 0.344. The van der Waals surface area contributed by atoms with Crippen molar-refractivity contribution in [2.24, 2.45) is 0 Å². The van der Waals surface area contributed by atoms with Crippen LogP contribution in [-0.4, -0.2) is 22.3 Å². The maximum absolute atomic E-state index is 5.93. The van der Waals surface area contributed by atoms with Crippen molar-refractivity contribution in [2.45, 2.75) is 37.6 Å². The molecule has 0 saturated carbocycles. The van der Waals surface area contributed by atoms with Gasteiger partial charge in [-0.2, -0.15) is 4.98 Å². The maximum Gasteiger partial charge on any atom is 0.225 e. The second kappa shape index (κ2) is 10.0. The van der Waals surface area contributed by atoms with Crippen molar-refractivity contribution in [1.82, 2.24) is 9.97 Å². The molecule has 2 aromatic carbocycles. The first kappa shape index (κ1) is 22.2. The van der Waals surface area contributed by atoms with Crippen LogP contribution >= 0.6 is 23.4 Å². The number of nitrogens with one attached hydrogen (secondary N) is 1. The van der Waals surface area contributed by atoms with Gasteiger partial charge in [-0.05, 0) is 42.0 Å². The van der Waals surface area contributed by atoms with Crippen molar-refractivity contribution >= 4 is 35.1 Å². The SMILES string of the molecule is CC(C)(C)c1cc(N)nc(NCc2ccc(OCCSc3ccc(Cl)cc3)cc2)n1. The molecule has 30 heavy (non-hydrogen) atoms. The Kier molecular flexibility index (Phi) is 7.45. The summed E-state index contributed by atoms with van der Waals surface area (Å²) in [6, 6.07) is 17.7.